The van der Waals surface area contributed by atoms with Crippen LogP contribution in [0.15, 0.2) is 12.2 Å². The fourth-order valence-corrected chi connectivity index (χ4v) is 4.75. The Morgan fingerprint density at radius 1 is 0.600 bits per heavy atom. The van der Waals surface area contributed by atoms with Gasteiger partial charge in [0.05, 0.1) is 19.4 Å². The second-order valence-corrected chi connectivity index (χ2v) is 11.3. The van der Waals surface area contributed by atoms with Gasteiger partial charge in [-0.2, -0.15) is 0 Å². The van der Waals surface area contributed by atoms with Crippen molar-refractivity contribution < 1.29 is 29.0 Å². The van der Waals surface area contributed by atoms with Crippen LogP contribution in [0.3, 0.4) is 0 Å². The van der Waals surface area contributed by atoms with E-state index in [0.29, 0.717) is 13.0 Å². The maximum absolute atomic E-state index is 12.4. The first-order valence-electron chi connectivity index (χ1n) is 16.7. The third-order valence-corrected chi connectivity index (χ3v) is 7.30. The van der Waals surface area contributed by atoms with Crippen molar-refractivity contribution in [3.05, 3.63) is 12.2 Å². The Hall–Kier alpha value is -1.85. The van der Waals surface area contributed by atoms with Crippen molar-refractivity contribution in [2.45, 2.75) is 180 Å². The van der Waals surface area contributed by atoms with E-state index in [1.165, 1.54) is 70.6 Å². The van der Waals surface area contributed by atoms with Crippen LogP contribution < -0.4 is 0 Å². The molecule has 6 heteroatoms. The number of hydrogen-bond donors (Lipinski definition) is 1. The molecule has 0 fully saturated rings. The van der Waals surface area contributed by atoms with E-state index in [1.54, 1.807) is 0 Å². The molecule has 0 aliphatic carbocycles. The fourth-order valence-electron chi connectivity index (χ4n) is 4.75. The van der Waals surface area contributed by atoms with Crippen molar-refractivity contribution in [1.29, 1.82) is 0 Å². The average molecular weight is 567 g/mol. The molecule has 0 rings (SSSR count). The lowest BCUT2D eigenvalue weighted by Crippen LogP contribution is -2.17. The summed E-state index contributed by atoms with van der Waals surface area (Å²) in [6.07, 6.45) is 30.2. The predicted molar refractivity (Wildman–Crippen MR) is 164 cm³/mol. The molecule has 0 aromatic carbocycles. The van der Waals surface area contributed by atoms with Crippen LogP contribution >= 0.6 is 0 Å². The van der Waals surface area contributed by atoms with Crippen LogP contribution in [0, 0.1) is 0 Å². The first-order valence-corrected chi connectivity index (χ1v) is 16.7. The number of aliphatic carboxylic acids is 1. The van der Waals surface area contributed by atoms with Crippen LogP contribution in [0.4, 0.5) is 0 Å². The van der Waals surface area contributed by atoms with Crippen LogP contribution in [0.2, 0.25) is 0 Å². The van der Waals surface area contributed by atoms with E-state index in [4.69, 9.17) is 14.6 Å². The molecular formula is C34H62O6. The molecule has 40 heavy (non-hydrogen) atoms. The topological polar surface area (TPSA) is 89.9 Å². The van der Waals surface area contributed by atoms with Crippen molar-refractivity contribution in [3.8, 4) is 0 Å². The van der Waals surface area contributed by atoms with Gasteiger partial charge in [-0.05, 0) is 38.5 Å². The minimum absolute atomic E-state index is 0.0115. The summed E-state index contributed by atoms with van der Waals surface area (Å²) in [4.78, 5) is 34.3. The van der Waals surface area contributed by atoms with Gasteiger partial charge in [-0.3, -0.25) is 14.4 Å². The molecule has 0 radical (unpaired) electrons. The van der Waals surface area contributed by atoms with Crippen LogP contribution in [-0.4, -0.2) is 35.7 Å². The molecule has 1 atom stereocenters. The van der Waals surface area contributed by atoms with E-state index in [1.807, 2.05) is 0 Å². The number of allylic oxidation sites excluding steroid dienone is 1. The Morgan fingerprint density at radius 3 is 1.77 bits per heavy atom. The molecule has 0 saturated heterocycles. The lowest BCUT2D eigenvalue weighted by molar-refractivity contribution is -0.149. The lowest BCUT2D eigenvalue weighted by atomic mass is 10.1. The van der Waals surface area contributed by atoms with Crippen molar-refractivity contribution in [2.24, 2.45) is 0 Å². The largest absolute Gasteiger partial charge is 0.481 e. The summed E-state index contributed by atoms with van der Waals surface area (Å²) in [5.74, 6) is -1.42. The molecule has 0 amide bonds. The van der Waals surface area contributed by atoms with Crippen LogP contribution in [0.25, 0.3) is 0 Å². The van der Waals surface area contributed by atoms with Gasteiger partial charge in [0.1, 0.15) is 6.10 Å². The third-order valence-electron chi connectivity index (χ3n) is 7.30. The molecule has 0 spiro atoms. The predicted octanol–water partition coefficient (Wildman–Crippen LogP) is 9.87. The van der Waals surface area contributed by atoms with E-state index in [-0.39, 0.29) is 24.9 Å². The third kappa shape index (κ3) is 29.1. The molecule has 1 unspecified atom stereocenters. The number of ether oxygens (including phenoxy) is 2. The maximum Gasteiger partial charge on any atom is 0.306 e. The van der Waals surface area contributed by atoms with Gasteiger partial charge < -0.3 is 14.6 Å². The molecule has 0 aromatic rings. The Labute approximate surface area is 246 Å². The van der Waals surface area contributed by atoms with Gasteiger partial charge in [0, 0.05) is 12.8 Å². The van der Waals surface area contributed by atoms with Crippen LogP contribution in [-0.2, 0) is 23.9 Å². The van der Waals surface area contributed by atoms with E-state index in [0.717, 1.165) is 70.6 Å². The van der Waals surface area contributed by atoms with Crippen molar-refractivity contribution in [1.82, 2.24) is 0 Å². The first-order chi connectivity index (χ1) is 19.5. The summed E-state index contributed by atoms with van der Waals surface area (Å²) in [5.41, 5.74) is 0. The number of carbonyl (C=O) groups is 3. The number of carbonyl (C=O) groups excluding carboxylic acids is 2. The summed E-state index contributed by atoms with van der Waals surface area (Å²) in [6.45, 7) is 4.85. The zero-order chi connectivity index (χ0) is 29.5. The Balaban J connectivity index is 3.93. The number of carboxylic acids is 1. The van der Waals surface area contributed by atoms with Gasteiger partial charge in [-0.15, -0.1) is 0 Å². The highest BCUT2D eigenvalue weighted by Crippen LogP contribution is 2.16. The van der Waals surface area contributed by atoms with E-state index in [9.17, 15) is 14.4 Å². The minimum Gasteiger partial charge on any atom is -0.481 e. The van der Waals surface area contributed by atoms with Gasteiger partial charge in [0.2, 0.25) is 0 Å². The highest BCUT2D eigenvalue weighted by atomic mass is 16.5. The SMILES string of the molecule is CCCCCCCCCCCC(=O)OC(C/C=C\CCCCCCCCOC(=O)CCC(=O)O)CCCCCC. The summed E-state index contributed by atoms with van der Waals surface area (Å²) >= 11 is 0. The molecule has 6 nitrogen and oxygen atoms in total. The Bertz CT molecular complexity index is 630. The van der Waals surface area contributed by atoms with Crippen LogP contribution in [0.1, 0.15) is 174 Å². The Morgan fingerprint density at radius 2 is 1.15 bits per heavy atom. The highest BCUT2D eigenvalue weighted by molar-refractivity contribution is 5.76. The highest BCUT2D eigenvalue weighted by Gasteiger charge is 2.13. The second-order valence-electron chi connectivity index (χ2n) is 11.3. The molecule has 0 heterocycles. The van der Waals surface area contributed by atoms with Gasteiger partial charge >= 0.3 is 17.9 Å². The first kappa shape index (κ1) is 38.1. The van der Waals surface area contributed by atoms with Gasteiger partial charge in [-0.25, -0.2) is 0 Å². The smallest absolute Gasteiger partial charge is 0.306 e. The summed E-state index contributed by atoms with van der Waals surface area (Å²) in [5, 5.41) is 8.56. The quantitative estimate of drug-likeness (QED) is 0.0528. The number of unbranched alkanes of at least 4 members (excludes halogenated alkanes) is 17. The standard InChI is InChI=1S/C34H62O6/c1-3-5-7-9-10-12-16-19-23-27-34(38)40-31(25-21-8-6-4-2)26-22-18-15-13-11-14-17-20-24-30-39-33(37)29-28-32(35)36/h18,22,31H,3-17,19-21,23-30H2,1-2H3,(H,35,36)/b22-18-. The molecular weight excluding hydrogens is 504 g/mol. The lowest BCUT2D eigenvalue weighted by Gasteiger charge is -2.16. The van der Waals surface area contributed by atoms with Gasteiger partial charge in [0.25, 0.3) is 0 Å². The zero-order valence-electron chi connectivity index (χ0n) is 26.1. The van der Waals surface area contributed by atoms with Crippen LogP contribution in [0.5, 0.6) is 0 Å². The number of esters is 2. The van der Waals surface area contributed by atoms with Gasteiger partial charge in [-0.1, -0.05) is 122 Å². The molecule has 0 bridgehead atoms. The van der Waals surface area contributed by atoms with Crippen molar-refractivity contribution in [3.63, 3.8) is 0 Å². The maximum atomic E-state index is 12.4. The fraction of sp³-hybridized carbons (Fsp3) is 0.853. The minimum atomic E-state index is -0.975. The van der Waals surface area contributed by atoms with Crippen molar-refractivity contribution >= 4 is 17.9 Å². The Kier molecular flexibility index (Phi) is 28.7. The molecule has 1 N–H and O–H groups in total. The second kappa shape index (κ2) is 30.1. The van der Waals surface area contributed by atoms with E-state index >= 15 is 0 Å². The molecule has 0 aromatic heterocycles. The average Bonchev–Trinajstić information content (AvgIpc) is 2.93. The van der Waals surface area contributed by atoms with E-state index < -0.39 is 11.9 Å². The summed E-state index contributed by atoms with van der Waals surface area (Å²) in [6, 6.07) is 0. The monoisotopic (exact) mass is 566 g/mol. The summed E-state index contributed by atoms with van der Waals surface area (Å²) < 4.78 is 10.9. The molecule has 0 saturated carbocycles. The number of rotatable bonds is 30. The zero-order valence-corrected chi connectivity index (χ0v) is 26.1. The summed E-state index contributed by atoms with van der Waals surface area (Å²) in [7, 11) is 0. The molecule has 0 aliphatic rings. The van der Waals surface area contributed by atoms with Gasteiger partial charge in [0.15, 0.2) is 0 Å². The molecule has 234 valence electrons. The number of hydrogen-bond acceptors (Lipinski definition) is 5. The number of carboxylic acid groups (broad SMARTS) is 1. The van der Waals surface area contributed by atoms with Crippen molar-refractivity contribution in [2.75, 3.05) is 6.61 Å². The normalized spacial score (nSPS) is 12.1. The molecule has 0 aliphatic heterocycles. The van der Waals surface area contributed by atoms with E-state index in [2.05, 4.69) is 26.0 Å².